The Labute approximate surface area is 71.4 Å². The van der Waals surface area contributed by atoms with Crippen molar-refractivity contribution in [3.05, 3.63) is 0 Å². The second kappa shape index (κ2) is 3.29. The van der Waals surface area contributed by atoms with Crippen LogP contribution >= 0.6 is 0 Å². The zero-order chi connectivity index (χ0) is 9.24. The van der Waals surface area contributed by atoms with Crippen LogP contribution in [0.15, 0.2) is 0 Å². The number of aliphatic hydroxyl groups is 1. The van der Waals surface area contributed by atoms with Gasteiger partial charge in [-0.3, -0.25) is 0 Å². The fourth-order valence-electron chi connectivity index (χ4n) is 1.28. The van der Waals surface area contributed by atoms with Crippen molar-refractivity contribution in [3.8, 4) is 0 Å². The zero-order valence-corrected chi connectivity index (χ0v) is 7.51. The van der Waals surface area contributed by atoms with Crippen LogP contribution in [0.2, 0.25) is 0 Å². The Hall–Kier alpha value is -0.170. The second-order valence-corrected chi connectivity index (χ2v) is 5.06. The first-order valence-electron chi connectivity index (χ1n) is 3.69. The van der Waals surface area contributed by atoms with Crippen molar-refractivity contribution in [3.63, 3.8) is 0 Å². The summed E-state index contributed by atoms with van der Waals surface area (Å²) in [6.07, 6.45) is 0. The van der Waals surface area contributed by atoms with E-state index in [0.717, 1.165) is 0 Å². The van der Waals surface area contributed by atoms with E-state index in [2.05, 4.69) is 0 Å². The Kier molecular flexibility index (Phi) is 2.72. The fraction of sp³-hybridized carbons (Fsp3) is 1.00. The molecule has 5 nitrogen and oxygen atoms in total. The van der Waals surface area contributed by atoms with Crippen molar-refractivity contribution in [2.75, 3.05) is 31.3 Å². The number of rotatable bonds is 4. The molecule has 6 heteroatoms. The summed E-state index contributed by atoms with van der Waals surface area (Å²) in [5.74, 6) is -0.0347. The Morgan fingerprint density at radius 2 is 2.08 bits per heavy atom. The molecule has 0 bridgehead atoms. The molecular weight excluding hydrogens is 182 g/mol. The van der Waals surface area contributed by atoms with E-state index < -0.39 is 15.4 Å². The van der Waals surface area contributed by atoms with Gasteiger partial charge in [-0.1, -0.05) is 0 Å². The van der Waals surface area contributed by atoms with Gasteiger partial charge in [0.05, 0.1) is 24.7 Å². The maximum atomic E-state index is 10.8. The number of ether oxygens (including phenoxy) is 1. The average molecular weight is 195 g/mol. The topological polar surface area (TPSA) is 89.6 Å². The highest BCUT2D eigenvalue weighted by Gasteiger charge is 2.48. The summed E-state index contributed by atoms with van der Waals surface area (Å²) in [5.41, 5.74) is 4.64. The number of sulfone groups is 1. The predicted octanol–water partition coefficient (Wildman–Crippen LogP) is -1.88. The lowest BCUT2D eigenvalue weighted by molar-refractivity contribution is -0.0312. The maximum absolute atomic E-state index is 10.8. The molecule has 1 rings (SSSR count). The molecule has 1 fully saturated rings. The van der Waals surface area contributed by atoms with Crippen LogP contribution in [0, 0.1) is 0 Å². The maximum Gasteiger partial charge on any atom is 0.156 e. The molecule has 0 aromatic heterocycles. The molecule has 0 amide bonds. The van der Waals surface area contributed by atoms with Crippen molar-refractivity contribution in [1.82, 2.24) is 0 Å². The van der Waals surface area contributed by atoms with Gasteiger partial charge in [0, 0.05) is 6.54 Å². The summed E-state index contributed by atoms with van der Waals surface area (Å²) >= 11 is 0. The highest BCUT2D eigenvalue weighted by Crippen LogP contribution is 2.26. The van der Waals surface area contributed by atoms with E-state index in [-0.39, 0.29) is 31.3 Å². The fourth-order valence-corrected chi connectivity index (χ4v) is 3.20. The highest BCUT2D eigenvalue weighted by molar-refractivity contribution is 7.93. The van der Waals surface area contributed by atoms with E-state index in [0.29, 0.717) is 0 Å². The van der Waals surface area contributed by atoms with Crippen LogP contribution in [-0.2, 0) is 14.6 Å². The first-order chi connectivity index (χ1) is 5.54. The van der Waals surface area contributed by atoms with Crippen molar-refractivity contribution >= 4 is 9.84 Å². The lowest BCUT2D eigenvalue weighted by Gasteiger charge is -2.39. The van der Waals surface area contributed by atoms with Gasteiger partial charge in [0.2, 0.25) is 0 Å². The van der Waals surface area contributed by atoms with Gasteiger partial charge in [0.15, 0.2) is 9.84 Å². The minimum atomic E-state index is -2.92. The Bertz CT molecular complexity index is 236. The van der Waals surface area contributed by atoms with Crippen molar-refractivity contribution in [2.24, 2.45) is 5.73 Å². The van der Waals surface area contributed by atoms with Crippen LogP contribution in [0.5, 0.6) is 0 Å². The van der Waals surface area contributed by atoms with Gasteiger partial charge >= 0.3 is 0 Å². The molecule has 1 heterocycles. The molecule has 0 unspecified atom stereocenters. The van der Waals surface area contributed by atoms with E-state index in [1.54, 1.807) is 0 Å². The molecular formula is C6H13NO4S. The molecule has 1 aliphatic heterocycles. The molecule has 12 heavy (non-hydrogen) atoms. The van der Waals surface area contributed by atoms with Crippen LogP contribution < -0.4 is 5.73 Å². The van der Waals surface area contributed by atoms with Crippen LogP contribution in [0.25, 0.3) is 0 Å². The predicted molar refractivity (Wildman–Crippen MR) is 43.5 cm³/mol. The Morgan fingerprint density at radius 1 is 1.50 bits per heavy atom. The molecule has 0 radical (unpaired) electrons. The summed E-state index contributed by atoms with van der Waals surface area (Å²) in [6.45, 7) is 0.223. The first kappa shape index (κ1) is 9.91. The van der Waals surface area contributed by atoms with E-state index in [1.165, 1.54) is 0 Å². The van der Waals surface area contributed by atoms with Gasteiger partial charge in [0.1, 0.15) is 5.60 Å². The largest absolute Gasteiger partial charge is 0.394 e. The van der Waals surface area contributed by atoms with Crippen molar-refractivity contribution < 1.29 is 18.3 Å². The van der Waals surface area contributed by atoms with E-state index in [4.69, 9.17) is 15.6 Å². The molecule has 72 valence electrons. The minimum Gasteiger partial charge on any atom is -0.394 e. The SMILES string of the molecule is NCC1(OCCO)CS(=O)(=O)C1. The average Bonchev–Trinajstić information content (AvgIpc) is 1.96. The number of hydrogen-bond acceptors (Lipinski definition) is 5. The normalized spacial score (nSPS) is 24.8. The Morgan fingerprint density at radius 3 is 2.42 bits per heavy atom. The molecule has 0 spiro atoms. The number of hydrogen-bond donors (Lipinski definition) is 2. The smallest absolute Gasteiger partial charge is 0.156 e. The van der Waals surface area contributed by atoms with Gasteiger partial charge in [0.25, 0.3) is 0 Å². The molecule has 0 aromatic rings. The number of nitrogens with two attached hydrogens (primary N) is 1. The summed E-state index contributed by atoms with van der Waals surface area (Å²) in [4.78, 5) is 0. The van der Waals surface area contributed by atoms with Crippen molar-refractivity contribution in [1.29, 1.82) is 0 Å². The van der Waals surface area contributed by atoms with Gasteiger partial charge in [-0.05, 0) is 0 Å². The van der Waals surface area contributed by atoms with Gasteiger partial charge in [-0.15, -0.1) is 0 Å². The summed E-state index contributed by atoms with van der Waals surface area (Å²) in [7, 11) is -2.92. The monoisotopic (exact) mass is 195 g/mol. The van der Waals surface area contributed by atoms with Crippen molar-refractivity contribution in [2.45, 2.75) is 5.60 Å². The molecule has 0 aromatic carbocycles. The molecule has 0 atom stereocenters. The molecule has 3 N–H and O–H groups in total. The standard InChI is InChI=1S/C6H13NO4S/c7-3-6(11-2-1-8)4-12(9,10)5-6/h8H,1-5,7H2. The van der Waals surface area contributed by atoms with E-state index in [9.17, 15) is 8.42 Å². The van der Waals surface area contributed by atoms with Gasteiger partial charge < -0.3 is 15.6 Å². The summed E-state index contributed by atoms with van der Waals surface area (Å²) in [5, 5.41) is 8.46. The third-order valence-electron chi connectivity index (χ3n) is 1.84. The van der Waals surface area contributed by atoms with E-state index >= 15 is 0 Å². The third kappa shape index (κ3) is 1.95. The van der Waals surface area contributed by atoms with Crippen LogP contribution in [0.1, 0.15) is 0 Å². The quantitative estimate of drug-likeness (QED) is 0.548. The van der Waals surface area contributed by atoms with Gasteiger partial charge in [-0.25, -0.2) is 8.42 Å². The zero-order valence-electron chi connectivity index (χ0n) is 6.69. The lowest BCUT2D eigenvalue weighted by atomic mass is 10.1. The minimum absolute atomic E-state index is 0.0174. The van der Waals surface area contributed by atoms with Gasteiger partial charge in [-0.2, -0.15) is 0 Å². The Balaban J connectivity index is 2.47. The van der Waals surface area contributed by atoms with Crippen LogP contribution in [0.3, 0.4) is 0 Å². The van der Waals surface area contributed by atoms with Crippen LogP contribution in [-0.4, -0.2) is 50.4 Å². The highest BCUT2D eigenvalue weighted by atomic mass is 32.2. The third-order valence-corrected chi connectivity index (χ3v) is 3.77. The summed E-state index contributed by atoms with van der Waals surface area (Å²) < 4.78 is 26.8. The molecule has 0 aliphatic carbocycles. The molecule has 1 aliphatic rings. The second-order valence-electron chi connectivity index (χ2n) is 2.99. The lowest BCUT2D eigenvalue weighted by Crippen LogP contribution is -2.61. The number of aliphatic hydroxyl groups excluding tert-OH is 1. The molecule has 0 saturated carbocycles. The van der Waals surface area contributed by atoms with Crippen LogP contribution in [0.4, 0.5) is 0 Å². The molecule has 1 saturated heterocycles. The summed E-state index contributed by atoms with van der Waals surface area (Å²) in [6, 6.07) is 0. The first-order valence-corrected chi connectivity index (χ1v) is 5.51. The van der Waals surface area contributed by atoms with E-state index in [1.807, 2.05) is 0 Å².